The maximum Gasteiger partial charge on any atom is 0.330 e. The third-order valence-corrected chi connectivity index (χ3v) is 4.36. The molecule has 2 N–H and O–H groups in total. The first-order valence-corrected chi connectivity index (χ1v) is 8.38. The monoisotopic (exact) mass is 336 g/mol. The lowest BCUT2D eigenvalue weighted by Gasteiger charge is -2.23. The topological polar surface area (TPSA) is 120 Å². The number of aromatic amines is 1. The second-order valence-corrected chi connectivity index (χ2v) is 6.79. The van der Waals surface area contributed by atoms with E-state index in [1.54, 1.807) is 6.92 Å². The quantitative estimate of drug-likeness (QED) is 0.623. The van der Waals surface area contributed by atoms with Gasteiger partial charge in [0.2, 0.25) is 0 Å². The largest absolute Gasteiger partial charge is 0.380 e. The van der Waals surface area contributed by atoms with Crippen molar-refractivity contribution in [1.29, 1.82) is 0 Å². The van der Waals surface area contributed by atoms with E-state index in [1.807, 2.05) is 0 Å². The first-order valence-electron chi connectivity index (χ1n) is 6.62. The summed E-state index contributed by atoms with van der Waals surface area (Å²) in [7, 11) is -0.986. The zero-order chi connectivity index (χ0) is 16.8. The molecule has 10 heteroatoms. The normalized spacial score (nSPS) is 16.9. The van der Waals surface area contributed by atoms with Crippen LogP contribution in [0.5, 0.6) is 0 Å². The highest BCUT2D eigenvalue weighted by Crippen LogP contribution is 2.41. The van der Waals surface area contributed by atoms with Crippen molar-refractivity contribution < 1.29 is 23.5 Å². The number of aromatic nitrogens is 2. The van der Waals surface area contributed by atoms with Gasteiger partial charge in [-0.15, -0.1) is 0 Å². The van der Waals surface area contributed by atoms with Gasteiger partial charge in [-0.3, -0.25) is 18.9 Å². The molecule has 0 bridgehead atoms. The lowest BCUT2D eigenvalue weighted by Crippen LogP contribution is -2.35. The average Bonchev–Trinajstić information content (AvgIpc) is 2.45. The number of nitrogens with zero attached hydrogens (tertiary/aromatic N) is 1. The number of rotatable bonds is 9. The molecule has 0 aliphatic carbocycles. The summed E-state index contributed by atoms with van der Waals surface area (Å²) in [4.78, 5) is 34.3. The van der Waals surface area contributed by atoms with Crippen LogP contribution in [0.25, 0.3) is 0 Å². The van der Waals surface area contributed by atoms with Crippen molar-refractivity contribution in [2.45, 2.75) is 25.7 Å². The van der Waals surface area contributed by atoms with Crippen LogP contribution < -0.4 is 11.2 Å². The predicted molar refractivity (Wildman–Crippen MR) is 79.1 cm³/mol. The summed E-state index contributed by atoms with van der Waals surface area (Å²) in [6, 6.07) is 1.20. The Hall–Kier alpha value is -1.25. The third-order valence-electron chi connectivity index (χ3n) is 2.96. The SMILES string of the molecule is COC[C@@H](O[C@@H](C)CCP(=O)(O)OC)n1ccc(=O)[nH]c1=O. The Bertz CT molecular complexity index is 626. The number of H-pyrrole nitrogens is 1. The zero-order valence-electron chi connectivity index (χ0n) is 12.7. The van der Waals surface area contributed by atoms with Crippen molar-refractivity contribution in [3.63, 3.8) is 0 Å². The van der Waals surface area contributed by atoms with Gasteiger partial charge in [0.1, 0.15) is 0 Å². The second-order valence-electron chi connectivity index (χ2n) is 4.71. The smallest absolute Gasteiger partial charge is 0.330 e. The molecule has 0 aromatic carbocycles. The van der Waals surface area contributed by atoms with Crippen molar-refractivity contribution in [2.75, 3.05) is 27.0 Å². The number of nitrogens with one attached hydrogen (secondary N) is 1. The number of methoxy groups -OCH3 is 1. The molecule has 0 fully saturated rings. The van der Waals surface area contributed by atoms with Crippen LogP contribution in [0.1, 0.15) is 19.6 Å². The molecule has 1 unspecified atom stereocenters. The highest BCUT2D eigenvalue weighted by Gasteiger charge is 2.21. The molecule has 1 rings (SSSR count). The van der Waals surface area contributed by atoms with E-state index >= 15 is 0 Å². The maximum atomic E-state index is 11.8. The highest BCUT2D eigenvalue weighted by molar-refractivity contribution is 7.52. The Morgan fingerprint density at radius 3 is 2.64 bits per heavy atom. The van der Waals surface area contributed by atoms with Crippen molar-refractivity contribution >= 4 is 7.60 Å². The lowest BCUT2D eigenvalue weighted by atomic mass is 10.3. The Labute approximate surface area is 127 Å². The van der Waals surface area contributed by atoms with E-state index in [0.717, 1.165) is 0 Å². The Morgan fingerprint density at radius 1 is 1.41 bits per heavy atom. The summed E-state index contributed by atoms with van der Waals surface area (Å²) in [6.45, 7) is 1.78. The van der Waals surface area contributed by atoms with Gasteiger partial charge >= 0.3 is 13.3 Å². The predicted octanol–water partition coefficient (Wildman–Crippen LogP) is 0.309. The van der Waals surface area contributed by atoms with Crippen LogP contribution >= 0.6 is 7.60 Å². The van der Waals surface area contributed by atoms with Gasteiger partial charge in [-0.25, -0.2) is 4.79 Å². The van der Waals surface area contributed by atoms with Gasteiger partial charge in [-0.2, -0.15) is 0 Å². The Balaban J connectivity index is 2.77. The van der Waals surface area contributed by atoms with Crippen LogP contribution in [0.2, 0.25) is 0 Å². The molecule has 22 heavy (non-hydrogen) atoms. The van der Waals surface area contributed by atoms with E-state index in [4.69, 9.17) is 9.47 Å². The molecule has 3 atom stereocenters. The molecule has 0 saturated carbocycles. The minimum atomic E-state index is -3.60. The van der Waals surface area contributed by atoms with E-state index in [1.165, 1.54) is 31.0 Å². The van der Waals surface area contributed by atoms with Gasteiger partial charge in [0, 0.05) is 26.5 Å². The molecule has 0 radical (unpaired) electrons. The van der Waals surface area contributed by atoms with Crippen LogP contribution in [-0.4, -0.2) is 47.5 Å². The van der Waals surface area contributed by atoms with Crippen molar-refractivity contribution in [2.24, 2.45) is 0 Å². The summed E-state index contributed by atoms with van der Waals surface area (Å²) >= 11 is 0. The van der Waals surface area contributed by atoms with Crippen LogP contribution in [0.3, 0.4) is 0 Å². The van der Waals surface area contributed by atoms with Crippen molar-refractivity contribution in [1.82, 2.24) is 9.55 Å². The lowest BCUT2D eigenvalue weighted by molar-refractivity contribution is -0.0847. The molecule has 9 nitrogen and oxygen atoms in total. The fraction of sp³-hybridized carbons (Fsp3) is 0.667. The standard InChI is InChI=1S/C12H21N2O7P/c1-9(5-7-22(17,18)20-3)21-11(8-19-2)14-6-4-10(15)13-12(14)16/h4,6,9,11H,5,7-8H2,1-3H3,(H,17,18)(H,13,15,16)/t9-,11+/m0/s1. The molecule has 1 aromatic rings. The molecule has 1 aromatic heterocycles. The van der Waals surface area contributed by atoms with Gasteiger partial charge in [0.25, 0.3) is 5.56 Å². The first kappa shape index (κ1) is 18.8. The number of ether oxygens (including phenoxy) is 2. The molecular weight excluding hydrogens is 315 g/mol. The maximum absolute atomic E-state index is 11.8. The molecule has 0 amide bonds. The third kappa shape index (κ3) is 5.86. The second kappa shape index (κ2) is 8.40. The van der Waals surface area contributed by atoms with Gasteiger partial charge in [-0.1, -0.05) is 0 Å². The van der Waals surface area contributed by atoms with E-state index < -0.39 is 31.2 Å². The first-order chi connectivity index (χ1) is 10.3. The highest BCUT2D eigenvalue weighted by atomic mass is 31.2. The van der Waals surface area contributed by atoms with Crippen LogP contribution in [0.4, 0.5) is 0 Å². The van der Waals surface area contributed by atoms with Crippen LogP contribution in [0.15, 0.2) is 21.9 Å². The average molecular weight is 336 g/mol. The molecule has 0 saturated heterocycles. The van der Waals surface area contributed by atoms with Gasteiger partial charge in [0.15, 0.2) is 6.23 Å². The van der Waals surface area contributed by atoms with E-state index in [9.17, 15) is 19.0 Å². The molecule has 0 aliphatic heterocycles. The van der Waals surface area contributed by atoms with Crippen molar-refractivity contribution in [3.8, 4) is 0 Å². The summed E-state index contributed by atoms with van der Waals surface area (Å²) < 4.78 is 27.8. The molecule has 0 spiro atoms. The Kier molecular flexibility index (Phi) is 7.18. The zero-order valence-corrected chi connectivity index (χ0v) is 13.6. The van der Waals surface area contributed by atoms with Gasteiger partial charge < -0.3 is 18.9 Å². The fourth-order valence-corrected chi connectivity index (χ4v) is 2.63. The summed E-state index contributed by atoms with van der Waals surface area (Å²) in [5.41, 5.74) is -1.13. The number of hydrogen-bond donors (Lipinski definition) is 2. The Morgan fingerprint density at radius 2 is 2.09 bits per heavy atom. The summed E-state index contributed by atoms with van der Waals surface area (Å²) in [5.74, 6) is 0. The van der Waals surface area contributed by atoms with Crippen molar-refractivity contribution in [3.05, 3.63) is 33.1 Å². The molecule has 1 heterocycles. The van der Waals surface area contributed by atoms with Crippen LogP contribution in [-0.2, 0) is 18.6 Å². The fourth-order valence-electron chi connectivity index (χ4n) is 1.75. The molecular formula is C12H21N2O7P. The minimum Gasteiger partial charge on any atom is -0.380 e. The minimum absolute atomic E-state index is 0.0646. The van der Waals surface area contributed by atoms with E-state index in [0.29, 0.717) is 0 Å². The van der Waals surface area contributed by atoms with Gasteiger partial charge in [0.05, 0.1) is 18.9 Å². The summed E-state index contributed by atoms with van der Waals surface area (Å²) in [6.07, 6.45) is 0.327. The number of hydrogen-bond acceptors (Lipinski definition) is 6. The van der Waals surface area contributed by atoms with Gasteiger partial charge in [-0.05, 0) is 13.3 Å². The van der Waals surface area contributed by atoms with E-state index in [2.05, 4.69) is 9.51 Å². The van der Waals surface area contributed by atoms with Crippen LogP contribution in [0, 0.1) is 0 Å². The summed E-state index contributed by atoms with van der Waals surface area (Å²) in [5, 5.41) is 0. The van der Waals surface area contributed by atoms with E-state index in [-0.39, 0.29) is 19.2 Å². The molecule has 0 aliphatic rings. The molecule has 126 valence electrons.